The molecule has 0 aliphatic rings. The second-order valence-corrected chi connectivity index (χ2v) is 2.45. The Bertz CT molecular complexity index is 124. The lowest BCUT2D eigenvalue weighted by Crippen LogP contribution is -2.24. The highest BCUT2D eigenvalue weighted by atomic mass is 16.6. The molecule has 0 spiro atoms. The van der Waals surface area contributed by atoms with E-state index < -0.39 is 6.10 Å². The Hall–Kier alpha value is -0.610. The molecule has 4 heteroatoms. The number of rotatable bonds is 6. The minimum atomic E-state index is -0.512. The Balaban J connectivity index is 3.60. The Morgan fingerprint density at radius 2 is 2.08 bits per heavy atom. The number of methoxy groups -OCH3 is 2. The van der Waals surface area contributed by atoms with Crippen molar-refractivity contribution in [1.29, 1.82) is 0 Å². The SMILES string of the molecule is COC(=O)C(CCCC[O-])OC. The molecule has 0 aromatic carbocycles. The van der Waals surface area contributed by atoms with Crippen LogP contribution < -0.4 is 5.11 Å². The maximum absolute atomic E-state index is 10.9. The smallest absolute Gasteiger partial charge is 0.334 e. The van der Waals surface area contributed by atoms with Crippen LogP contribution in [0.1, 0.15) is 19.3 Å². The van der Waals surface area contributed by atoms with E-state index in [9.17, 15) is 9.90 Å². The van der Waals surface area contributed by atoms with E-state index in [4.69, 9.17) is 4.74 Å². The number of hydrogen-bond donors (Lipinski definition) is 0. The number of unbranched alkanes of at least 4 members (excludes halogenated alkanes) is 1. The minimum Gasteiger partial charge on any atom is -0.854 e. The van der Waals surface area contributed by atoms with Gasteiger partial charge in [0.1, 0.15) is 0 Å². The molecule has 12 heavy (non-hydrogen) atoms. The summed E-state index contributed by atoms with van der Waals surface area (Å²) in [6.45, 7) is -0.0996. The van der Waals surface area contributed by atoms with Gasteiger partial charge in [-0.25, -0.2) is 4.79 Å². The molecule has 0 rings (SSSR count). The highest BCUT2D eigenvalue weighted by Gasteiger charge is 2.16. The molecule has 0 aliphatic carbocycles. The molecule has 0 bridgehead atoms. The molecule has 0 radical (unpaired) electrons. The Labute approximate surface area is 72.5 Å². The number of carbonyl (C=O) groups is 1. The van der Waals surface area contributed by atoms with E-state index in [0.29, 0.717) is 19.3 Å². The summed E-state index contributed by atoms with van der Waals surface area (Å²) in [5, 5.41) is 10.1. The van der Waals surface area contributed by atoms with Gasteiger partial charge in [0.15, 0.2) is 6.10 Å². The maximum atomic E-state index is 10.9. The topological polar surface area (TPSA) is 58.6 Å². The Morgan fingerprint density at radius 3 is 2.50 bits per heavy atom. The number of ether oxygens (including phenoxy) is 2. The number of esters is 1. The van der Waals surface area contributed by atoms with Gasteiger partial charge in [-0.15, -0.1) is 6.61 Å². The average molecular weight is 175 g/mol. The third-order valence-electron chi connectivity index (χ3n) is 1.61. The predicted molar refractivity (Wildman–Crippen MR) is 41.5 cm³/mol. The molecule has 1 unspecified atom stereocenters. The quantitative estimate of drug-likeness (QED) is 0.411. The zero-order chi connectivity index (χ0) is 9.40. The summed E-state index contributed by atoms with van der Waals surface area (Å²) >= 11 is 0. The monoisotopic (exact) mass is 175 g/mol. The van der Waals surface area contributed by atoms with Crippen molar-refractivity contribution in [2.24, 2.45) is 0 Å². The summed E-state index contributed by atoms with van der Waals surface area (Å²) in [5.41, 5.74) is 0. The lowest BCUT2D eigenvalue weighted by molar-refractivity contribution is -0.368. The molecule has 0 heterocycles. The van der Waals surface area contributed by atoms with Gasteiger partial charge in [0, 0.05) is 7.11 Å². The fourth-order valence-electron chi connectivity index (χ4n) is 0.895. The van der Waals surface area contributed by atoms with E-state index in [1.807, 2.05) is 0 Å². The largest absolute Gasteiger partial charge is 0.854 e. The Morgan fingerprint density at radius 1 is 1.42 bits per heavy atom. The molecule has 0 aliphatic heterocycles. The average Bonchev–Trinajstić information content (AvgIpc) is 2.11. The van der Waals surface area contributed by atoms with Gasteiger partial charge in [-0.3, -0.25) is 0 Å². The summed E-state index contributed by atoms with van der Waals surface area (Å²) in [7, 11) is 2.78. The van der Waals surface area contributed by atoms with Crippen molar-refractivity contribution >= 4 is 5.97 Å². The highest BCUT2D eigenvalue weighted by molar-refractivity contribution is 5.74. The van der Waals surface area contributed by atoms with E-state index in [1.165, 1.54) is 14.2 Å². The third kappa shape index (κ3) is 4.31. The number of hydrogen-bond acceptors (Lipinski definition) is 4. The van der Waals surface area contributed by atoms with Gasteiger partial charge in [0.2, 0.25) is 0 Å². The first-order chi connectivity index (χ1) is 5.76. The van der Waals surface area contributed by atoms with Crippen molar-refractivity contribution in [3.8, 4) is 0 Å². The molecular weight excluding hydrogens is 160 g/mol. The molecule has 0 saturated heterocycles. The van der Waals surface area contributed by atoms with Crippen LogP contribution in [0.5, 0.6) is 0 Å². The standard InChI is InChI=1S/C8H15O4/c1-11-7(8(10)12-2)5-3-4-6-9/h7H,3-6H2,1-2H3/q-1. The van der Waals surface area contributed by atoms with Crippen LogP contribution in [0.3, 0.4) is 0 Å². The van der Waals surface area contributed by atoms with Gasteiger partial charge in [0.05, 0.1) is 7.11 Å². The van der Waals surface area contributed by atoms with Crippen LogP contribution in [0.25, 0.3) is 0 Å². The van der Waals surface area contributed by atoms with E-state index in [0.717, 1.165) is 0 Å². The lowest BCUT2D eigenvalue weighted by Gasteiger charge is -2.12. The fraction of sp³-hybridized carbons (Fsp3) is 0.875. The highest BCUT2D eigenvalue weighted by Crippen LogP contribution is 2.04. The first kappa shape index (κ1) is 11.4. The van der Waals surface area contributed by atoms with Gasteiger partial charge in [-0.05, 0) is 6.42 Å². The second kappa shape index (κ2) is 7.06. The first-order valence-corrected chi connectivity index (χ1v) is 3.95. The van der Waals surface area contributed by atoms with E-state index >= 15 is 0 Å². The predicted octanol–water partition coefficient (Wildman–Crippen LogP) is -0.295. The van der Waals surface area contributed by atoms with Crippen LogP contribution in [0.4, 0.5) is 0 Å². The zero-order valence-electron chi connectivity index (χ0n) is 7.54. The van der Waals surface area contributed by atoms with Crippen molar-refractivity contribution in [3.05, 3.63) is 0 Å². The van der Waals surface area contributed by atoms with Crippen molar-refractivity contribution in [3.63, 3.8) is 0 Å². The summed E-state index contributed by atoms with van der Waals surface area (Å²) in [6, 6.07) is 0. The maximum Gasteiger partial charge on any atom is 0.334 e. The Kier molecular flexibility index (Phi) is 6.70. The van der Waals surface area contributed by atoms with Crippen LogP contribution in [0, 0.1) is 0 Å². The van der Waals surface area contributed by atoms with Crippen molar-refractivity contribution in [1.82, 2.24) is 0 Å². The van der Waals surface area contributed by atoms with Crippen LogP contribution in [0.2, 0.25) is 0 Å². The fourth-order valence-corrected chi connectivity index (χ4v) is 0.895. The van der Waals surface area contributed by atoms with Crippen molar-refractivity contribution < 1.29 is 19.4 Å². The summed E-state index contributed by atoms with van der Waals surface area (Å²) in [4.78, 5) is 10.9. The third-order valence-corrected chi connectivity index (χ3v) is 1.61. The first-order valence-electron chi connectivity index (χ1n) is 3.95. The molecule has 1 atom stereocenters. The van der Waals surface area contributed by atoms with Gasteiger partial charge >= 0.3 is 5.97 Å². The lowest BCUT2D eigenvalue weighted by atomic mass is 10.1. The molecule has 0 aromatic heterocycles. The zero-order valence-corrected chi connectivity index (χ0v) is 7.54. The van der Waals surface area contributed by atoms with E-state index in [1.54, 1.807) is 0 Å². The van der Waals surface area contributed by atoms with Crippen molar-refractivity contribution in [2.75, 3.05) is 20.8 Å². The molecular formula is C8H15O4-. The van der Waals surface area contributed by atoms with Gasteiger partial charge in [0.25, 0.3) is 0 Å². The number of carbonyl (C=O) groups excluding carboxylic acids is 1. The second-order valence-electron chi connectivity index (χ2n) is 2.45. The summed E-state index contributed by atoms with van der Waals surface area (Å²) < 4.78 is 9.36. The van der Waals surface area contributed by atoms with E-state index in [-0.39, 0.29) is 12.6 Å². The molecule has 0 amide bonds. The van der Waals surface area contributed by atoms with E-state index in [2.05, 4.69) is 4.74 Å². The van der Waals surface area contributed by atoms with Crippen molar-refractivity contribution in [2.45, 2.75) is 25.4 Å². The van der Waals surface area contributed by atoms with Crippen LogP contribution >= 0.6 is 0 Å². The normalized spacial score (nSPS) is 12.6. The molecule has 0 N–H and O–H groups in total. The van der Waals surface area contributed by atoms with Crippen LogP contribution in [-0.2, 0) is 14.3 Å². The summed E-state index contributed by atoms with van der Waals surface area (Å²) in [5.74, 6) is -0.372. The van der Waals surface area contributed by atoms with Crippen LogP contribution in [-0.4, -0.2) is 32.9 Å². The molecule has 72 valence electrons. The molecule has 0 fully saturated rings. The van der Waals surface area contributed by atoms with Gasteiger partial charge < -0.3 is 14.6 Å². The summed E-state index contributed by atoms with van der Waals surface area (Å²) in [6.07, 6.45) is 1.33. The minimum absolute atomic E-state index is 0.0996. The van der Waals surface area contributed by atoms with Gasteiger partial charge in [-0.2, -0.15) is 0 Å². The van der Waals surface area contributed by atoms with Crippen LogP contribution in [0.15, 0.2) is 0 Å². The molecule has 4 nitrogen and oxygen atoms in total. The van der Waals surface area contributed by atoms with Gasteiger partial charge in [-0.1, -0.05) is 12.8 Å². The molecule has 0 aromatic rings. The molecule has 0 saturated carbocycles.